The van der Waals surface area contributed by atoms with Gasteiger partial charge >= 0.3 is 0 Å². The number of thiazole rings is 1. The Labute approximate surface area is 164 Å². The van der Waals surface area contributed by atoms with Gasteiger partial charge in [0.2, 0.25) is 0 Å². The van der Waals surface area contributed by atoms with Crippen molar-refractivity contribution >= 4 is 22.4 Å². The van der Waals surface area contributed by atoms with Crippen molar-refractivity contribution in [3.8, 4) is 0 Å². The second-order valence-electron chi connectivity index (χ2n) is 8.82. The van der Waals surface area contributed by atoms with Gasteiger partial charge in [0.05, 0.1) is 12.3 Å². The van der Waals surface area contributed by atoms with Crippen LogP contribution in [0.3, 0.4) is 0 Å². The van der Waals surface area contributed by atoms with Crippen LogP contribution in [-0.4, -0.2) is 18.0 Å². The number of carbonyl (C=O) groups is 1. The van der Waals surface area contributed by atoms with Crippen LogP contribution in [0.25, 0.3) is 0 Å². The summed E-state index contributed by atoms with van der Waals surface area (Å²) in [4.78, 5) is 17.5. The van der Waals surface area contributed by atoms with E-state index in [1.54, 1.807) is 18.4 Å². The Bertz CT molecular complexity index is 824. The molecular weight excluding hydrogens is 356 g/mol. The maximum Gasteiger partial charge on any atom is 0.257 e. The number of hydrogen-bond donors (Lipinski definition) is 1. The van der Waals surface area contributed by atoms with Crippen molar-refractivity contribution in [1.82, 2.24) is 4.98 Å². The second kappa shape index (κ2) is 6.71. The molecule has 4 fully saturated rings. The number of aromatic nitrogens is 1. The third-order valence-corrected chi connectivity index (χ3v) is 7.56. The molecule has 1 amide bonds. The normalized spacial score (nSPS) is 31.2. The van der Waals surface area contributed by atoms with Crippen LogP contribution in [0.15, 0.2) is 29.6 Å². The molecular formula is C22H26N2O2S. The number of nitrogens with zero attached hydrogens (tertiary/aromatic N) is 1. The zero-order valence-corrected chi connectivity index (χ0v) is 16.6. The van der Waals surface area contributed by atoms with Crippen molar-refractivity contribution in [3.63, 3.8) is 0 Å². The van der Waals surface area contributed by atoms with Crippen LogP contribution in [0, 0.1) is 17.8 Å². The molecule has 1 heterocycles. The smallest absolute Gasteiger partial charge is 0.257 e. The van der Waals surface area contributed by atoms with Crippen molar-refractivity contribution in [1.29, 1.82) is 0 Å². The Balaban J connectivity index is 1.33. The Morgan fingerprint density at radius 2 is 1.93 bits per heavy atom. The highest BCUT2D eigenvalue weighted by molar-refractivity contribution is 7.14. The standard InChI is InChI=1S/C22H26N2O2S/c1-26-12-14-3-2-4-18(8-14)20(25)24-21-23-19(13-27-21)22-9-15-5-16(10-22)7-17(6-15)11-22/h2-4,8,13,15-17H,5-7,9-12H2,1H3,(H,23,24,25). The predicted octanol–water partition coefficient (Wildman–Crippen LogP) is 5.01. The summed E-state index contributed by atoms with van der Waals surface area (Å²) in [6.07, 6.45) is 8.21. The summed E-state index contributed by atoms with van der Waals surface area (Å²) in [7, 11) is 1.66. The lowest BCUT2D eigenvalue weighted by Gasteiger charge is -2.56. The van der Waals surface area contributed by atoms with E-state index in [2.05, 4.69) is 10.7 Å². The summed E-state index contributed by atoms with van der Waals surface area (Å²) in [5.74, 6) is 2.61. The molecule has 4 saturated carbocycles. The van der Waals surface area contributed by atoms with Gasteiger partial charge in [-0.15, -0.1) is 11.3 Å². The van der Waals surface area contributed by atoms with Crippen LogP contribution in [0.4, 0.5) is 5.13 Å². The third-order valence-electron chi connectivity index (χ3n) is 6.81. The molecule has 2 aromatic rings. The first-order valence-electron chi connectivity index (χ1n) is 9.99. The van der Waals surface area contributed by atoms with E-state index < -0.39 is 0 Å². The molecule has 1 N–H and O–H groups in total. The molecule has 0 spiro atoms. The molecule has 0 unspecified atom stereocenters. The molecule has 0 aliphatic heterocycles. The second-order valence-corrected chi connectivity index (χ2v) is 9.68. The van der Waals surface area contributed by atoms with Crippen LogP contribution < -0.4 is 5.32 Å². The van der Waals surface area contributed by atoms with Crippen LogP contribution in [0.2, 0.25) is 0 Å². The molecule has 27 heavy (non-hydrogen) atoms. The van der Waals surface area contributed by atoms with Gasteiger partial charge in [0.25, 0.3) is 5.91 Å². The zero-order chi connectivity index (χ0) is 18.4. The van der Waals surface area contributed by atoms with E-state index >= 15 is 0 Å². The lowest BCUT2D eigenvalue weighted by atomic mass is 9.49. The highest BCUT2D eigenvalue weighted by Gasteiger charge is 2.52. The maximum atomic E-state index is 12.6. The van der Waals surface area contributed by atoms with Crippen LogP contribution in [0.5, 0.6) is 0 Å². The monoisotopic (exact) mass is 382 g/mol. The average Bonchev–Trinajstić information content (AvgIpc) is 3.10. The number of ether oxygens (including phenoxy) is 1. The number of benzene rings is 1. The van der Waals surface area contributed by atoms with Gasteiger partial charge in [-0.1, -0.05) is 12.1 Å². The minimum atomic E-state index is -0.0978. The van der Waals surface area contributed by atoms with Crippen molar-refractivity contribution in [2.75, 3.05) is 12.4 Å². The number of nitrogens with one attached hydrogen (secondary N) is 1. The van der Waals surface area contributed by atoms with Gasteiger partial charge in [0.1, 0.15) is 0 Å². The molecule has 4 aliphatic carbocycles. The van der Waals surface area contributed by atoms with Gasteiger partial charge in [-0.05, 0) is 74.0 Å². The Morgan fingerprint density at radius 3 is 2.59 bits per heavy atom. The van der Waals surface area contributed by atoms with E-state index in [9.17, 15) is 4.79 Å². The third kappa shape index (κ3) is 3.21. The summed E-state index contributed by atoms with van der Waals surface area (Å²) in [6.45, 7) is 0.508. The van der Waals surface area contributed by atoms with E-state index in [1.807, 2.05) is 24.3 Å². The maximum absolute atomic E-state index is 12.6. The minimum absolute atomic E-state index is 0.0978. The van der Waals surface area contributed by atoms with Crippen LogP contribution in [0.1, 0.15) is 60.1 Å². The number of methoxy groups -OCH3 is 1. The summed E-state index contributed by atoms with van der Waals surface area (Å²) < 4.78 is 5.16. The van der Waals surface area contributed by atoms with E-state index in [0.29, 0.717) is 12.2 Å². The first kappa shape index (κ1) is 17.4. The highest BCUT2D eigenvalue weighted by atomic mass is 32.1. The number of amides is 1. The molecule has 6 rings (SSSR count). The Hall–Kier alpha value is -1.72. The molecule has 4 bridgehead atoms. The predicted molar refractivity (Wildman–Crippen MR) is 107 cm³/mol. The summed E-state index contributed by atoms with van der Waals surface area (Å²) in [5.41, 5.74) is 3.16. The summed E-state index contributed by atoms with van der Waals surface area (Å²) in [6, 6.07) is 7.58. The average molecular weight is 383 g/mol. The van der Waals surface area contributed by atoms with E-state index in [0.717, 1.165) is 28.4 Å². The first-order chi connectivity index (χ1) is 13.1. The zero-order valence-electron chi connectivity index (χ0n) is 15.7. The van der Waals surface area contributed by atoms with E-state index in [4.69, 9.17) is 9.72 Å². The fraction of sp³-hybridized carbons (Fsp3) is 0.545. The van der Waals surface area contributed by atoms with Crippen molar-refractivity contribution in [3.05, 3.63) is 46.5 Å². The van der Waals surface area contributed by atoms with E-state index in [-0.39, 0.29) is 11.3 Å². The molecule has 4 aliphatic rings. The molecule has 5 heteroatoms. The van der Waals surface area contributed by atoms with Gasteiger partial charge < -0.3 is 4.74 Å². The number of anilines is 1. The largest absolute Gasteiger partial charge is 0.380 e. The van der Waals surface area contributed by atoms with Gasteiger partial charge in [-0.2, -0.15) is 0 Å². The van der Waals surface area contributed by atoms with Gasteiger partial charge in [0.15, 0.2) is 5.13 Å². The number of rotatable bonds is 5. The lowest BCUT2D eigenvalue weighted by Crippen LogP contribution is -2.48. The van der Waals surface area contributed by atoms with Crippen molar-refractivity contribution < 1.29 is 9.53 Å². The molecule has 1 aromatic carbocycles. The molecule has 0 radical (unpaired) electrons. The van der Waals surface area contributed by atoms with Crippen molar-refractivity contribution in [2.45, 2.75) is 50.5 Å². The van der Waals surface area contributed by atoms with E-state index in [1.165, 1.54) is 44.2 Å². The van der Waals surface area contributed by atoms with Gasteiger partial charge in [-0.3, -0.25) is 10.1 Å². The molecule has 1 aromatic heterocycles. The van der Waals surface area contributed by atoms with Gasteiger partial charge in [-0.25, -0.2) is 4.98 Å². The molecule has 142 valence electrons. The Kier molecular flexibility index (Phi) is 4.32. The quantitative estimate of drug-likeness (QED) is 0.791. The first-order valence-corrected chi connectivity index (χ1v) is 10.9. The highest BCUT2D eigenvalue weighted by Crippen LogP contribution is 2.60. The summed E-state index contributed by atoms with van der Waals surface area (Å²) >= 11 is 1.57. The van der Waals surface area contributed by atoms with Crippen LogP contribution >= 0.6 is 11.3 Å². The van der Waals surface area contributed by atoms with Gasteiger partial charge in [0, 0.05) is 23.5 Å². The lowest BCUT2D eigenvalue weighted by molar-refractivity contribution is -0.00688. The molecule has 4 nitrogen and oxygen atoms in total. The SMILES string of the molecule is COCc1cccc(C(=O)Nc2nc(C34CC5CC(CC(C5)C3)C4)cs2)c1. The number of carbonyl (C=O) groups excluding carboxylic acids is 1. The fourth-order valence-corrected chi connectivity index (χ4v) is 6.97. The van der Waals surface area contributed by atoms with Crippen molar-refractivity contribution in [2.24, 2.45) is 17.8 Å². The number of hydrogen-bond acceptors (Lipinski definition) is 4. The summed E-state index contributed by atoms with van der Waals surface area (Å²) in [5, 5.41) is 5.93. The topological polar surface area (TPSA) is 51.2 Å². The minimum Gasteiger partial charge on any atom is -0.380 e. The van der Waals surface area contributed by atoms with Crippen LogP contribution in [-0.2, 0) is 16.8 Å². The Morgan fingerprint density at radius 1 is 1.22 bits per heavy atom. The molecule has 0 atom stereocenters. The molecule has 0 saturated heterocycles. The fourth-order valence-electron chi connectivity index (χ4n) is 6.14.